The lowest BCUT2D eigenvalue weighted by molar-refractivity contribution is 0.0983. The monoisotopic (exact) mass is 507 g/mol. The minimum Gasteiger partial charge on any atom is -0.351 e. The maximum atomic E-state index is 13.4. The lowest BCUT2D eigenvalue weighted by Gasteiger charge is -2.50. The molecule has 5 heterocycles. The Bertz CT molecular complexity index is 1410. The van der Waals surface area contributed by atoms with Crippen molar-refractivity contribution >= 4 is 38.7 Å². The summed E-state index contributed by atoms with van der Waals surface area (Å²) >= 11 is 0. The number of aromatic nitrogens is 4. The van der Waals surface area contributed by atoms with Gasteiger partial charge >= 0.3 is 0 Å². The number of rotatable bonds is 6. The highest BCUT2D eigenvalue weighted by Gasteiger charge is 2.49. The second-order valence-electron chi connectivity index (χ2n) is 10.0. The second kappa shape index (κ2) is 8.99. The van der Waals surface area contributed by atoms with Gasteiger partial charge in [-0.15, -0.1) is 0 Å². The van der Waals surface area contributed by atoms with Crippen LogP contribution in [0.2, 0.25) is 0 Å². The van der Waals surface area contributed by atoms with Crippen molar-refractivity contribution in [2.24, 2.45) is 5.92 Å². The van der Waals surface area contributed by atoms with E-state index in [0.717, 1.165) is 35.9 Å². The third-order valence-electron chi connectivity index (χ3n) is 7.42. The number of aryl methyl sites for hydroxylation is 1. The van der Waals surface area contributed by atoms with Gasteiger partial charge < -0.3 is 10.6 Å². The zero-order valence-corrected chi connectivity index (χ0v) is 20.9. The molecule has 0 aliphatic carbocycles. The highest BCUT2D eigenvalue weighted by Crippen LogP contribution is 2.39. The van der Waals surface area contributed by atoms with Crippen LogP contribution in [0.25, 0.3) is 10.9 Å². The largest absolute Gasteiger partial charge is 0.351 e. The number of hydrogen-bond acceptors (Lipinski definition) is 8. The average molecular weight is 508 g/mol. The smallest absolute Gasteiger partial charge is 0.282 e. The van der Waals surface area contributed by atoms with Gasteiger partial charge in [-0.2, -0.15) is 32.4 Å². The molecule has 1 unspecified atom stereocenters. The van der Waals surface area contributed by atoms with Crippen molar-refractivity contribution in [2.45, 2.75) is 57.2 Å². The average Bonchev–Trinajstić information content (AvgIpc) is 3.22. The molecule has 3 N–H and O–H groups in total. The number of nitrogens with one attached hydrogen (secondary N) is 3. The van der Waals surface area contributed by atoms with Gasteiger partial charge in [-0.3, -0.25) is 5.10 Å². The van der Waals surface area contributed by atoms with Crippen molar-refractivity contribution in [3.63, 3.8) is 0 Å². The summed E-state index contributed by atoms with van der Waals surface area (Å²) in [5.74, 6) is 1.67. The number of para-hydroxylation sites is 1. The SMILES string of the molecule is Cc1cc(Nc2nc(NC3C[C@H]4CCC[C@@H](C3)N4S(=O)(=O)N3CC(C#N)C3)nc3ccccc23)n[nH]1. The fraction of sp³-hybridized carbons (Fsp3) is 0.500. The normalized spacial score (nSPS) is 25.3. The molecule has 1 aromatic carbocycles. The van der Waals surface area contributed by atoms with Gasteiger partial charge in [0.05, 0.1) is 17.5 Å². The number of piperidine rings is 2. The first-order valence-electron chi connectivity index (χ1n) is 12.4. The number of nitrogens with zero attached hydrogens (tertiary/aromatic N) is 6. The number of hydrogen-bond donors (Lipinski definition) is 3. The molecule has 3 aliphatic rings. The van der Waals surface area contributed by atoms with Crippen molar-refractivity contribution in [1.82, 2.24) is 28.8 Å². The van der Waals surface area contributed by atoms with Gasteiger partial charge in [0.2, 0.25) is 5.95 Å². The Balaban J connectivity index is 1.22. The number of aromatic amines is 1. The second-order valence-corrected chi connectivity index (χ2v) is 11.8. The van der Waals surface area contributed by atoms with Gasteiger partial charge in [-0.25, -0.2) is 4.98 Å². The van der Waals surface area contributed by atoms with E-state index in [0.29, 0.717) is 43.5 Å². The number of H-pyrrole nitrogens is 1. The molecule has 3 aromatic rings. The Morgan fingerprint density at radius 1 is 1.14 bits per heavy atom. The first kappa shape index (κ1) is 23.1. The first-order valence-corrected chi connectivity index (χ1v) is 13.8. The van der Waals surface area contributed by atoms with Crippen LogP contribution in [0.4, 0.5) is 17.6 Å². The van der Waals surface area contributed by atoms with Crippen LogP contribution in [0, 0.1) is 24.2 Å². The Kier molecular flexibility index (Phi) is 5.78. The molecule has 188 valence electrons. The van der Waals surface area contributed by atoms with Crippen LogP contribution < -0.4 is 10.6 Å². The quantitative estimate of drug-likeness (QED) is 0.462. The predicted octanol–water partition coefficient (Wildman–Crippen LogP) is 2.90. The Morgan fingerprint density at radius 3 is 2.58 bits per heavy atom. The van der Waals surface area contributed by atoms with Gasteiger partial charge in [0.1, 0.15) is 5.82 Å². The molecule has 0 amide bonds. The standard InChI is InChI=1S/C24H29N9O2S/c1-15-9-22(31-30-15)28-23-20-7-2-3-8-21(20)27-24(29-23)26-17-10-18-5-4-6-19(11-17)33(18)36(34,35)32-13-16(12-25)14-32/h2-3,7-9,16-19H,4-6,10-11,13-14H2,1H3,(H3,26,27,28,29,30,31)/t17?,18-,19+. The molecule has 0 spiro atoms. The minimum absolute atomic E-state index is 0.0637. The third-order valence-corrected chi connectivity index (χ3v) is 9.50. The number of fused-ring (bicyclic) bond motifs is 3. The van der Waals surface area contributed by atoms with Crippen molar-refractivity contribution in [1.29, 1.82) is 5.26 Å². The molecule has 11 nitrogen and oxygen atoms in total. The molecule has 3 aliphatic heterocycles. The zero-order valence-electron chi connectivity index (χ0n) is 20.1. The number of benzene rings is 1. The van der Waals surface area contributed by atoms with Crippen molar-refractivity contribution in [3.8, 4) is 6.07 Å². The topological polar surface area (TPSA) is 143 Å². The summed E-state index contributed by atoms with van der Waals surface area (Å²) in [6.07, 6.45) is 4.10. The molecule has 0 saturated carbocycles. The Morgan fingerprint density at radius 2 is 1.89 bits per heavy atom. The molecule has 3 saturated heterocycles. The van der Waals surface area contributed by atoms with Crippen LogP contribution in [0.15, 0.2) is 30.3 Å². The van der Waals surface area contributed by atoms with Crippen molar-refractivity contribution < 1.29 is 8.42 Å². The zero-order chi connectivity index (χ0) is 24.9. The molecule has 3 atom stereocenters. The van der Waals surface area contributed by atoms with Gasteiger partial charge in [-0.1, -0.05) is 18.6 Å². The molecule has 36 heavy (non-hydrogen) atoms. The summed E-state index contributed by atoms with van der Waals surface area (Å²) in [5.41, 5.74) is 1.76. The summed E-state index contributed by atoms with van der Waals surface area (Å²) in [6.45, 7) is 2.54. The van der Waals surface area contributed by atoms with Crippen LogP contribution in [0.1, 0.15) is 37.8 Å². The maximum absolute atomic E-state index is 13.4. The Labute approximate surface area is 210 Å². The minimum atomic E-state index is -3.56. The van der Waals surface area contributed by atoms with Gasteiger partial charge in [-0.05, 0) is 44.7 Å². The van der Waals surface area contributed by atoms with Crippen molar-refractivity contribution in [3.05, 3.63) is 36.0 Å². The lowest BCUT2D eigenvalue weighted by Crippen LogP contribution is -2.63. The molecule has 12 heteroatoms. The highest BCUT2D eigenvalue weighted by atomic mass is 32.2. The van der Waals surface area contributed by atoms with Crippen LogP contribution in [0.5, 0.6) is 0 Å². The van der Waals surface area contributed by atoms with Crippen LogP contribution in [0.3, 0.4) is 0 Å². The van der Waals surface area contributed by atoms with Crippen molar-refractivity contribution in [2.75, 3.05) is 23.7 Å². The van der Waals surface area contributed by atoms with E-state index in [1.165, 1.54) is 4.31 Å². The summed E-state index contributed by atoms with van der Waals surface area (Å²) < 4.78 is 29.9. The molecule has 3 fully saturated rings. The van der Waals surface area contributed by atoms with E-state index in [9.17, 15) is 8.42 Å². The predicted molar refractivity (Wildman–Crippen MR) is 136 cm³/mol. The van der Waals surface area contributed by atoms with Crippen LogP contribution in [-0.4, -0.2) is 68.4 Å². The third kappa shape index (κ3) is 4.17. The molecule has 2 bridgehead atoms. The Hall–Kier alpha value is -3.27. The van der Waals surface area contributed by atoms with Crippen LogP contribution in [-0.2, 0) is 10.2 Å². The fourth-order valence-corrected chi connectivity index (χ4v) is 7.84. The molecular weight excluding hydrogens is 478 g/mol. The first-order chi connectivity index (χ1) is 17.4. The summed E-state index contributed by atoms with van der Waals surface area (Å²) in [6, 6.07) is 11.8. The van der Waals surface area contributed by atoms with E-state index in [4.69, 9.17) is 15.2 Å². The molecule has 6 rings (SSSR count). The summed E-state index contributed by atoms with van der Waals surface area (Å²) in [7, 11) is -3.56. The van der Waals surface area contributed by atoms with E-state index < -0.39 is 10.2 Å². The molecular formula is C24H29N9O2S. The number of nitriles is 1. The summed E-state index contributed by atoms with van der Waals surface area (Å²) in [4.78, 5) is 9.52. The molecule has 2 aromatic heterocycles. The van der Waals surface area contributed by atoms with E-state index >= 15 is 0 Å². The summed E-state index contributed by atoms with van der Waals surface area (Å²) in [5, 5.41) is 24.0. The van der Waals surface area contributed by atoms with Crippen LogP contribution >= 0.6 is 0 Å². The van der Waals surface area contributed by atoms with E-state index in [2.05, 4.69) is 26.9 Å². The lowest BCUT2D eigenvalue weighted by atomic mass is 9.84. The van der Waals surface area contributed by atoms with E-state index in [1.54, 1.807) is 4.31 Å². The van der Waals surface area contributed by atoms with Gasteiger partial charge in [0, 0.05) is 48.4 Å². The molecule has 0 radical (unpaired) electrons. The van der Waals surface area contributed by atoms with E-state index in [1.807, 2.05) is 37.3 Å². The van der Waals surface area contributed by atoms with E-state index in [-0.39, 0.29) is 24.0 Å². The maximum Gasteiger partial charge on any atom is 0.282 e. The highest BCUT2D eigenvalue weighted by molar-refractivity contribution is 7.86. The number of anilines is 3. The van der Waals surface area contributed by atoms with Gasteiger partial charge in [0.25, 0.3) is 10.2 Å². The van der Waals surface area contributed by atoms with Gasteiger partial charge in [0.15, 0.2) is 5.82 Å². The fourth-order valence-electron chi connectivity index (χ4n) is 5.70.